The molecule has 144 valence electrons. The molecular formula is C19H21FN2O4S. The molecule has 6 nitrogen and oxygen atoms in total. The molecule has 1 aliphatic heterocycles. The highest BCUT2D eigenvalue weighted by atomic mass is 32.2. The first kappa shape index (κ1) is 19.3. The number of methoxy groups -OCH3 is 1. The van der Waals surface area contributed by atoms with Gasteiger partial charge in [0.05, 0.1) is 12.0 Å². The number of nitrogens with zero attached hydrogens (tertiary/aromatic N) is 1. The Morgan fingerprint density at radius 2 is 1.93 bits per heavy atom. The van der Waals surface area contributed by atoms with Crippen LogP contribution in [0.3, 0.4) is 0 Å². The first-order chi connectivity index (χ1) is 12.9. The van der Waals surface area contributed by atoms with Crippen LogP contribution in [0, 0.1) is 5.82 Å². The molecule has 2 aromatic rings. The van der Waals surface area contributed by atoms with Gasteiger partial charge in [-0.1, -0.05) is 18.2 Å². The SMILES string of the molecule is COc1ccccc1CNC(=O)[C@@H]1CCCN1S(=O)(=O)c1ccc(F)cc1. The Balaban J connectivity index is 1.73. The lowest BCUT2D eigenvalue weighted by molar-refractivity contribution is -0.124. The average molecular weight is 392 g/mol. The molecule has 1 N–H and O–H groups in total. The van der Waals surface area contributed by atoms with Crippen LogP contribution in [0.2, 0.25) is 0 Å². The van der Waals surface area contributed by atoms with E-state index in [2.05, 4.69) is 5.32 Å². The zero-order valence-corrected chi connectivity index (χ0v) is 15.7. The summed E-state index contributed by atoms with van der Waals surface area (Å²) in [6.45, 7) is 0.496. The molecule has 1 heterocycles. The van der Waals surface area contributed by atoms with Crippen molar-refractivity contribution >= 4 is 15.9 Å². The molecule has 0 saturated carbocycles. The molecule has 1 saturated heterocycles. The van der Waals surface area contributed by atoms with E-state index < -0.39 is 21.9 Å². The van der Waals surface area contributed by atoms with Crippen molar-refractivity contribution in [2.45, 2.75) is 30.3 Å². The fraction of sp³-hybridized carbons (Fsp3) is 0.316. The van der Waals surface area contributed by atoms with Gasteiger partial charge in [0.2, 0.25) is 15.9 Å². The van der Waals surface area contributed by atoms with Crippen LogP contribution < -0.4 is 10.1 Å². The maximum absolute atomic E-state index is 13.1. The molecule has 0 spiro atoms. The van der Waals surface area contributed by atoms with Gasteiger partial charge in [0.25, 0.3) is 0 Å². The second kappa shape index (κ2) is 8.06. The Hall–Kier alpha value is -2.45. The summed E-state index contributed by atoms with van der Waals surface area (Å²) in [4.78, 5) is 12.6. The van der Waals surface area contributed by atoms with Crippen molar-refractivity contribution in [3.8, 4) is 5.75 Å². The number of sulfonamides is 1. The minimum absolute atomic E-state index is 0.0201. The molecule has 1 fully saturated rings. The second-order valence-electron chi connectivity index (χ2n) is 6.26. The summed E-state index contributed by atoms with van der Waals surface area (Å²) < 4.78 is 45.2. The van der Waals surface area contributed by atoms with Crippen molar-refractivity contribution in [1.82, 2.24) is 9.62 Å². The van der Waals surface area contributed by atoms with Gasteiger partial charge in [-0.05, 0) is 43.2 Å². The Bertz CT molecular complexity index is 916. The predicted molar refractivity (Wildman–Crippen MR) is 98.2 cm³/mol. The third-order valence-electron chi connectivity index (χ3n) is 4.57. The van der Waals surface area contributed by atoms with Gasteiger partial charge in [-0.3, -0.25) is 4.79 Å². The van der Waals surface area contributed by atoms with Gasteiger partial charge >= 0.3 is 0 Å². The number of benzene rings is 2. The summed E-state index contributed by atoms with van der Waals surface area (Å²) in [6, 6.07) is 11.1. The molecule has 0 aromatic heterocycles. The van der Waals surface area contributed by atoms with Crippen molar-refractivity contribution in [2.24, 2.45) is 0 Å². The third kappa shape index (κ3) is 4.12. The first-order valence-electron chi connectivity index (χ1n) is 8.60. The van der Waals surface area contributed by atoms with Crippen molar-refractivity contribution in [1.29, 1.82) is 0 Å². The molecule has 3 rings (SSSR count). The van der Waals surface area contributed by atoms with Crippen LogP contribution >= 0.6 is 0 Å². The van der Waals surface area contributed by atoms with Crippen LogP contribution in [0.15, 0.2) is 53.4 Å². The number of hydrogen-bond donors (Lipinski definition) is 1. The number of hydrogen-bond acceptors (Lipinski definition) is 4. The number of carbonyl (C=O) groups excluding carboxylic acids is 1. The smallest absolute Gasteiger partial charge is 0.243 e. The summed E-state index contributed by atoms with van der Waals surface area (Å²) in [6.07, 6.45) is 1.03. The van der Waals surface area contributed by atoms with Gasteiger partial charge in [-0.25, -0.2) is 12.8 Å². The minimum Gasteiger partial charge on any atom is -0.496 e. The molecule has 2 aromatic carbocycles. The van der Waals surface area contributed by atoms with Crippen molar-refractivity contribution < 1.29 is 22.3 Å². The lowest BCUT2D eigenvalue weighted by Gasteiger charge is -2.23. The van der Waals surface area contributed by atoms with E-state index in [9.17, 15) is 17.6 Å². The number of rotatable bonds is 6. The fourth-order valence-electron chi connectivity index (χ4n) is 3.18. The monoisotopic (exact) mass is 392 g/mol. The van der Waals surface area contributed by atoms with Crippen LogP contribution in [0.5, 0.6) is 5.75 Å². The van der Waals surface area contributed by atoms with E-state index in [1.165, 1.54) is 16.4 Å². The first-order valence-corrected chi connectivity index (χ1v) is 10.0. The number of halogens is 1. The Kier molecular flexibility index (Phi) is 5.76. The van der Waals surface area contributed by atoms with Gasteiger partial charge in [-0.15, -0.1) is 0 Å². The normalized spacial score (nSPS) is 17.6. The van der Waals surface area contributed by atoms with Gasteiger partial charge in [0.15, 0.2) is 0 Å². The van der Waals surface area contributed by atoms with Gasteiger partial charge in [0, 0.05) is 18.7 Å². The third-order valence-corrected chi connectivity index (χ3v) is 6.49. The summed E-state index contributed by atoms with van der Waals surface area (Å²) in [7, 11) is -2.31. The van der Waals surface area contributed by atoms with E-state index in [0.717, 1.165) is 17.7 Å². The molecule has 8 heteroatoms. The number of carbonyl (C=O) groups is 1. The van der Waals surface area contributed by atoms with Crippen LogP contribution in [0.4, 0.5) is 4.39 Å². The Morgan fingerprint density at radius 3 is 2.63 bits per heavy atom. The van der Waals surface area contributed by atoms with E-state index in [0.29, 0.717) is 18.6 Å². The van der Waals surface area contributed by atoms with Crippen molar-refractivity contribution in [2.75, 3.05) is 13.7 Å². The number of ether oxygens (including phenoxy) is 1. The highest BCUT2D eigenvalue weighted by Gasteiger charge is 2.39. The van der Waals surface area contributed by atoms with Crippen LogP contribution in [-0.2, 0) is 21.4 Å². The van der Waals surface area contributed by atoms with E-state index >= 15 is 0 Å². The van der Waals surface area contributed by atoms with Crippen LogP contribution in [-0.4, -0.2) is 38.3 Å². The lowest BCUT2D eigenvalue weighted by atomic mass is 10.2. The Morgan fingerprint density at radius 1 is 1.22 bits per heavy atom. The molecule has 0 aliphatic carbocycles. The summed E-state index contributed by atoms with van der Waals surface area (Å²) in [5.41, 5.74) is 0.805. The fourth-order valence-corrected chi connectivity index (χ4v) is 4.84. The van der Waals surface area contributed by atoms with E-state index in [-0.39, 0.29) is 23.9 Å². The van der Waals surface area contributed by atoms with E-state index in [1.54, 1.807) is 13.2 Å². The van der Waals surface area contributed by atoms with Gasteiger partial charge in [0.1, 0.15) is 17.6 Å². The Labute approximate surface area is 158 Å². The van der Waals surface area contributed by atoms with Crippen LogP contribution in [0.25, 0.3) is 0 Å². The second-order valence-corrected chi connectivity index (χ2v) is 8.15. The maximum Gasteiger partial charge on any atom is 0.243 e. The number of nitrogens with one attached hydrogen (secondary N) is 1. The largest absolute Gasteiger partial charge is 0.496 e. The van der Waals surface area contributed by atoms with Crippen molar-refractivity contribution in [3.63, 3.8) is 0 Å². The standard InChI is InChI=1S/C19H21FN2O4S/c1-26-18-7-3-2-5-14(18)13-21-19(23)17-6-4-12-22(17)27(24,25)16-10-8-15(20)9-11-16/h2-3,5,7-11,17H,4,6,12-13H2,1H3,(H,21,23)/t17-/m0/s1. The zero-order chi connectivity index (χ0) is 19.4. The molecular weight excluding hydrogens is 371 g/mol. The maximum atomic E-state index is 13.1. The summed E-state index contributed by atoms with van der Waals surface area (Å²) in [5.74, 6) is -0.217. The lowest BCUT2D eigenvalue weighted by Crippen LogP contribution is -2.45. The summed E-state index contributed by atoms with van der Waals surface area (Å²) >= 11 is 0. The zero-order valence-electron chi connectivity index (χ0n) is 14.9. The highest BCUT2D eigenvalue weighted by molar-refractivity contribution is 7.89. The number of para-hydroxylation sites is 1. The van der Waals surface area contributed by atoms with E-state index in [4.69, 9.17) is 4.74 Å². The van der Waals surface area contributed by atoms with Gasteiger partial charge in [-0.2, -0.15) is 4.31 Å². The molecule has 1 atom stereocenters. The molecule has 1 aliphatic rings. The molecule has 27 heavy (non-hydrogen) atoms. The van der Waals surface area contributed by atoms with E-state index in [1.807, 2.05) is 18.2 Å². The molecule has 0 bridgehead atoms. The molecule has 1 amide bonds. The van der Waals surface area contributed by atoms with Crippen molar-refractivity contribution in [3.05, 3.63) is 59.9 Å². The quantitative estimate of drug-likeness (QED) is 0.819. The summed E-state index contributed by atoms with van der Waals surface area (Å²) in [5, 5.41) is 2.79. The average Bonchev–Trinajstić information content (AvgIpc) is 3.17. The minimum atomic E-state index is -3.86. The van der Waals surface area contributed by atoms with Gasteiger partial charge < -0.3 is 10.1 Å². The molecule has 0 unspecified atom stereocenters. The number of amides is 1. The highest BCUT2D eigenvalue weighted by Crippen LogP contribution is 2.26. The topological polar surface area (TPSA) is 75.7 Å². The van der Waals surface area contributed by atoms with Crippen LogP contribution in [0.1, 0.15) is 18.4 Å². The molecule has 0 radical (unpaired) electrons. The predicted octanol–water partition coefficient (Wildman–Crippen LogP) is 2.30.